The molecular weight excluding hydrogens is 388 g/mol. The van der Waals surface area contributed by atoms with E-state index in [-0.39, 0.29) is 34.1 Å². The zero-order chi connectivity index (χ0) is 16.3. The summed E-state index contributed by atoms with van der Waals surface area (Å²) in [4.78, 5) is 0. The second-order valence-electron chi connectivity index (χ2n) is 5.57. The van der Waals surface area contributed by atoms with Crippen LogP contribution in [0.1, 0.15) is 22.3 Å². The van der Waals surface area contributed by atoms with Gasteiger partial charge in [-0.3, -0.25) is 0 Å². The van der Waals surface area contributed by atoms with Crippen LogP contribution in [0.3, 0.4) is 0 Å². The number of hydrogen-bond acceptors (Lipinski definition) is 0. The zero-order valence-electron chi connectivity index (χ0n) is 14.7. The normalized spacial score (nSPS) is 8.72. The molecule has 0 spiro atoms. The van der Waals surface area contributed by atoms with E-state index in [9.17, 15) is 0 Å². The monoisotopic (exact) mass is 412 g/mol. The summed E-state index contributed by atoms with van der Waals surface area (Å²) in [5.41, 5.74) is 5.71. The first-order chi connectivity index (χ1) is 11.3. The van der Waals surface area contributed by atoms with E-state index in [1.165, 1.54) is 22.3 Å². The second kappa shape index (κ2) is 13.7. The Morgan fingerprint density at radius 2 is 1.36 bits per heavy atom. The quantitative estimate of drug-likeness (QED) is 0.274. The average Bonchev–Trinajstić information content (AvgIpc) is 3.31. The molecule has 4 rings (SSSR count). The summed E-state index contributed by atoms with van der Waals surface area (Å²) >= 11 is 0. The standard InChI is InChI=1S/C13H14.2C5H5.2Fe/c1-10-5-3-7-12(10)9-13-8-4-6-11(13)2;2*1-2-4-5-3-1;;/h3-8H,9H2,1-2H3;2*1-5H;;/q-6;2*-1;;. The molecule has 4 aromatic rings. The first-order valence-corrected chi connectivity index (χ1v) is 8.03. The van der Waals surface area contributed by atoms with Gasteiger partial charge >= 0.3 is 0 Å². The average molecular weight is 412 g/mol. The van der Waals surface area contributed by atoms with Crippen LogP contribution in [0.5, 0.6) is 0 Å². The van der Waals surface area contributed by atoms with Crippen LogP contribution < -0.4 is 0 Å². The van der Waals surface area contributed by atoms with E-state index in [1.807, 2.05) is 60.7 Å². The Labute approximate surface area is 173 Å². The topological polar surface area (TPSA) is 0 Å². The van der Waals surface area contributed by atoms with Crippen molar-refractivity contribution in [2.75, 3.05) is 0 Å². The molecular formula is C23H24Fe2-8. The third-order valence-corrected chi connectivity index (χ3v) is 3.79. The maximum Gasteiger partial charge on any atom is 0 e. The first kappa shape index (κ1) is 23.4. The van der Waals surface area contributed by atoms with E-state index < -0.39 is 0 Å². The fourth-order valence-electron chi connectivity index (χ4n) is 2.34. The van der Waals surface area contributed by atoms with E-state index in [4.69, 9.17) is 0 Å². The number of hydrogen-bond donors (Lipinski definition) is 0. The van der Waals surface area contributed by atoms with Crippen LogP contribution in [-0.4, -0.2) is 0 Å². The summed E-state index contributed by atoms with van der Waals surface area (Å²) in [6.45, 7) is 4.35. The number of rotatable bonds is 2. The van der Waals surface area contributed by atoms with Gasteiger partial charge in [0.25, 0.3) is 0 Å². The summed E-state index contributed by atoms with van der Waals surface area (Å²) in [5, 5.41) is 0. The van der Waals surface area contributed by atoms with Crippen molar-refractivity contribution < 1.29 is 34.1 Å². The van der Waals surface area contributed by atoms with Gasteiger partial charge in [-0.25, -0.2) is 49.7 Å². The molecule has 25 heavy (non-hydrogen) atoms. The summed E-state index contributed by atoms with van der Waals surface area (Å²) < 4.78 is 0. The Morgan fingerprint density at radius 1 is 0.800 bits per heavy atom. The van der Waals surface area contributed by atoms with Gasteiger partial charge in [0.2, 0.25) is 0 Å². The smallest absolute Gasteiger partial charge is 0 e. The Hall–Kier alpha value is -1.56. The largest absolute Gasteiger partial charge is 0.747 e. The van der Waals surface area contributed by atoms with Crippen LogP contribution in [0.25, 0.3) is 0 Å². The molecule has 4 aromatic carbocycles. The molecule has 0 radical (unpaired) electrons. The van der Waals surface area contributed by atoms with Gasteiger partial charge in [-0.2, -0.15) is 53.6 Å². The molecule has 0 aliphatic heterocycles. The maximum atomic E-state index is 2.21. The Morgan fingerprint density at radius 3 is 1.68 bits per heavy atom. The minimum Gasteiger partial charge on any atom is -0.747 e. The van der Waals surface area contributed by atoms with Gasteiger partial charge in [-0.1, -0.05) is 6.92 Å². The van der Waals surface area contributed by atoms with Crippen LogP contribution in [0.15, 0.2) is 97.1 Å². The Kier molecular flexibility index (Phi) is 12.8. The molecule has 0 atom stereocenters. The predicted octanol–water partition coefficient (Wildman–Crippen LogP) is 6.14. The molecule has 0 heterocycles. The van der Waals surface area contributed by atoms with E-state index in [0.717, 1.165) is 6.42 Å². The van der Waals surface area contributed by atoms with E-state index in [1.54, 1.807) is 0 Å². The van der Waals surface area contributed by atoms with Crippen molar-refractivity contribution in [3.63, 3.8) is 0 Å². The van der Waals surface area contributed by atoms with Crippen LogP contribution >= 0.6 is 0 Å². The van der Waals surface area contributed by atoms with E-state index >= 15 is 0 Å². The molecule has 0 aliphatic rings. The van der Waals surface area contributed by atoms with Gasteiger partial charge in [-0.15, -0.1) is 0 Å². The summed E-state index contributed by atoms with van der Waals surface area (Å²) in [6.07, 6.45) is 1.08. The molecule has 2 heteroatoms. The molecule has 0 fully saturated rings. The third kappa shape index (κ3) is 8.91. The predicted molar refractivity (Wildman–Crippen MR) is 100 cm³/mol. The van der Waals surface area contributed by atoms with Gasteiger partial charge in [0.15, 0.2) is 0 Å². The van der Waals surface area contributed by atoms with Crippen LogP contribution in [0, 0.1) is 13.8 Å². The zero-order valence-corrected chi connectivity index (χ0v) is 16.9. The Bertz CT molecular complexity index is 626. The number of aryl methyl sites for hydroxylation is 2. The van der Waals surface area contributed by atoms with E-state index in [0.29, 0.717) is 0 Å². The molecule has 0 amide bonds. The maximum absolute atomic E-state index is 2.21. The van der Waals surface area contributed by atoms with Gasteiger partial charge in [0.05, 0.1) is 0 Å². The van der Waals surface area contributed by atoms with Gasteiger partial charge < -0.3 is 29.3 Å². The van der Waals surface area contributed by atoms with Crippen LogP contribution in [0.4, 0.5) is 0 Å². The molecule has 140 valence electrons. The molecule has 0 aliphatic carbocycles. The van der Waals surface area contributed by atoms with Crippen molar-refractivity contribution in [1.82, 2.24) is 0 Å². The van der Waals surface area contributed by atoms with Crippen molar-refractivity contribution >= 4 is 0 Å². The SMILES string of the molecule is C[c-]1cccc1C[c-]1[cH-][cH-][cH-][c-]1C.[Fe].[Fe].c1cc[cH-]c1.c1cc[cH-]c1. The minimum atomic E-state index is 0. The summed E-state index contributed by atoms with van der Waals surface area (Å²) in [5.74, 6) is 0. The van der Waals surface area contributed by atoms with Crippen molar-refractivity contribution in [2.24, 2.45) is 0 Å². The second-order valence-corrected chi connectivity index (χ2v) is 5.57. The fraction of sp³-hybridized carbons (Fsp3) is 0.130. The summed E-state index contributed by atoms with van der Waals surface area (Å²) in [6, 6.07) is 33.0. The molecule has 0 unspecified atom stereocenters. The van der Waals surface area contributed by atoms with Gasteiger partial charge in [0.1, 0.15) is 0 Å². The molecule has 0 bridgehead atoms. The van der Waals surface area contributed by atoms with Crippen molar-refractivity contribution in [3.05, 3.63) is 119 Å². The molecule has 0 aromatic heterocycles. The minimum absolute atomic E-state index is 0. The van der Waals surface area contributed by atoms with Crippen LogP contribution in [0.2, 0.25) is 0 Å². The first-order valence-electron chi connectivity index (χ1n) is 8.03. The van der Waals surface area contributed by atoms with Crippen molar-refractivity contribution in [3.8, 4) is 0 Å². The Balaban J connectivity index is 0.000000400. The summed E-state index contributed by atoms with van der Waals surface area (Å²) in [7, 11) is 0. The molecule has 0 nitrogen and oxygen atoms in total. The van der Waals surface area contributed by atoms with Gasteiger partial charge in [0, 0.05) is 34.1 Å². The van der Waals surface area contributed by atoms with Crippen LogP contribution in [-0.2, 0) is 40.6 Å². The van der Waals surface area contributed by atoms with Crippen molar-refractivity contribution in [1.29, 1.82) is 0 Å². The van der Waals surface area contributed by atoms with E-state index in [2.05, 4.69) is 50.2 Å². The molecule has 0 saturated carbocycles. The van der Waals surface area contributed by atoms with Gasteiger partial charge in [-0.05, 0) is 0 Å². The molecule has 0 saturated heterocycles. The third-order valence-electron chi connectivity index (χ3n) is 3.79. The fourth-order valence-corrected chi connectivity index (χ4v) is 2.34. The molecule has 0 N–H and O–H groups in total. The van der Waals surface area contributed by atoms with Crippen molar-refractivity contribution in [2.45, 2.75) is 20.3 Å².